The van der Waals surface area contributed by atoms with Crippen LogP contribution < -0.4 is 11.3 Å². The molecule has 0 fully saturated rings. The van der Waals surface area contributed by atoms with Crippen molar-refractivity contribution in [1.82, 2.24) is 5.43 Å². The molecule has 0 amide bonds. The number of nitrogens with one attached hydrogen (secondary N) is 1. The number of halogens is 2. The van der Waals surface area contributed by atoms with Gasteiger partial charge in [0.1, 0.15) is 0 Å². The quantitative estimate of drug-likeness (QED) is 0.357. The van der Waals surface area contributed by atoms with Gasteiger partial charge in [-0.25, -0.2) is 0 Å². The molecule has 0 aliphatic carbocycles. The highest BCUT2D eigenvalue weighted by Crippen LogP contribution is 2.26. The molecule has 0 saturated heterocycles. The second-order valence-corrected chi connectivity index (χ2v) is 5.43. The van der Waals surface area contributed by atoms with E-state index in [0.29, 0.717) is 0 Å². The summed E-state index contributed by atoms with van der Waals surface area (Å²) in [6, 6.07) is 6.37. The summed E-state index contributed by atoms with van der Waals surface area (Å²) >= 11 is 5.80. The van der Waals surface area contributed by atoms with E-state index in [1.807, 2.05) is 13.0 Å². The van der Waals surface area contributed by atoms with Gasteiger partial charge in [-0.2, -0.15) is 0 Å². The fourth-order valence-corrected chi connectivity index (χ4v) is 2.54. The molecule has 2 nitrogen and oxygen atoms in total. The third-order valence-electron chi connectivity index (χ3n) is 2.27. The van der Waals surface area contributed by atoms with Crippen LogP contribution in [0.5, 0.6) is 0 Å². The van der Waals surface area contributed by atoms with Crippen molar-refractivity contribution in [3.8, 4) is 11.8 Å². The molecule has 1 atom stereocenters. The van der Waals surface area contributed by atoms with Gasteiger partial charge in [-0.15, -0.1) is 11.8 Å². The molecule has 0 radical (unpaired) electrons. The van der Waals surface area contributed by atoms with Crippen molar-refractivity contribution in [3.63, 3.8) is 0 Å². The van der Waals surface area contributed by atoms with Crippen molar-refractivity contribution >= 4 is 38.5 Å². The molecule has 16 heavy (non-hydrogen) atoms. The molecule has 0 aromatic heterocycles. The first-order valence-corrected chi connectivity index (χ1v) is 6.87. The van der Waals surface area contributed by atoms with E-state index >= 15 is 0 Å². The van der Waals surface area contributed by atoms with Crippen molar-refractivity contribution in [2.45, 2.75) is 25.8 Å². The lowest BCUT2D eigenvalue weighted by atomic mass is 10.0. The van der Waals surface area contributed by atoms with Crippen LogP contribution in [0.3, 0.4) is 0 Å². The summed E-state index contributed by atoms with van der Waals surface area (Å²) in [4.78, 5) is 0. The Morgan fingerprint density at radius 1 is 1.56 bits per heavy atom. The monoisotopic (exact) mass is 392 g/mol. The van der Waals surface area contributed by atoms with Crippen LogP contribution in [0.15, 0.2) is 22.7 Å². The highest BCUT2D eigenvalue weighted by Gasteiger charge is 2.12. The Hall–Kier alpha value is -0.0900. The number of nitrogens with two attached hydrogens (primary N) is 1. The van der Waals surface area contributed by atoms with Gasteiger partial charge >= 0.3 is 0 Å². The van der Waals surface area contributed by atoms with E-state index in [0.717, 1.165) is 17.3 Å². The number of hydrogen-bond donors (Lipinski definition) is 2. The van der Waals surface area contributed by atoms with Gasteiger partial charge in [-0.1, -0.05) is 15.9 Å². The molecule has 3 N–H and O–H groups in total. The SMILES string of the molecule is CC#CCCC(NN)c1cc(Br)ccc1I. The molecule has 1 unspecified atom stereocenters. The smallest absolute Gasteiger partial charge is 0.0479 e. The molecular weight excluding hydrogens is 379 g/mol. The fourth-order valence-electron chi connectivity index (χ4n) is 1.45. The largest absolute Gasteiger partial charge is 0.271 e. The van der Waals surface area contributed by atoms with Gasteiger partial charge in [0.2, 0.25) is 0 Å². The molecule has 1 aromatic rings. The van der Waals surface area contributed by atoms with E-state index in [2.05, 4.69) is 67.9 Å². The number of hydrogen-bond acceptors (Lipinski definition) is 2. The van der Waals surface area contributed by atoms with E-state index in [1.165, 1.54) is 9.13 Å². The third-order valence-corrected chi connectivity index (χ3v) is 3.75. The summed E-state index contributed by atoms with van der Waals surface area (Å²) in [5, 5.41) is 0. The predicted octanol–water partition coefficient (Wildman–Crippen LogP) is 3.36. The maximum atomic E-state index is 5.59. The Morgan fingerprint density at radius 2 is 2.31 bits per heavy atom. The van der Waals surface area contributed by atoms with Crippen molar-refractivity contribution < 1.29 is 0 Å². The second-order valence-electron chi connectivity index (χ2n) is 3.35. The van der Waals surface area contributed by atoms with Gasteiger partial charge in [-0.3, -0.25) is 11.3 Å². The van der Waals surface area contributed by atoms with Crippen LogP contribution in [0.4, 0.5) is 0 Å². The molecule has 4 heteroatoms. The van der Waals surface area contributed by atoms with Crippen molar-refractivity contribution in [2.75, 3.05) is 0 Å². The molecule has 0 bridgehead atoms. The summed E-state index contributed by atoms with van der Waals surface area (Å²) in [5.74, 6) is 11.5. The van der Waals surface area contributed by atoms with Crippen LogP contribution in [0.2, 0.25) is 0 Å². The van der Waals surface area contributed by atoms with E-state index in [-0.39, 0.29) is 6.04 Å². The van der Waals surface area contributed by atoms with Gasteiger partial charge < -0.3 is 0 Å². The maximum Gasteiger partial charge on any atom is 0.0479 e. The summed E-state index contributed by atoms with van der Waals surface area (Å²) in [6.07, 6.45) is 1.78. The van der Waals surface area contributed by atoms with Crippen LogP contribution >= 0.6 is 38.5 Å². The van der Waals surface area contributed by atoms with E-state index in [1.54, 1.807) is 0 Å². The van der Waals surface area contributed by atoms with E-state index in [4.69, 9.17) is 5.84 Å². The normalized spacial score (nSPS) is 11.8. The minimum absolute atomic E-state index is 0.158. The average Bonchev–Trinajstić information content (AvgIpc) is 2.28. The first-order chi connectivity index (χ1) is 7.69. The summed E-state index contributed by atoms with van der Waals surface area (Å²) < 4.78 is 2.29. The predicted molar refractivity (Wildman–Crippen MR) is 79.6 cm³/mol. The number of rotatable bonds is 4. The summed E-state index contributed by atoms with van der Waals surface area (Å²) in [7, 11) is 0. The minimum atomic E-state index is 0.158. The zero-order valence-electron chi connectivity index (χ0n) is 9.06. The van der Waals surface area contributed by atoms with E-state index < -0.39 is 0 Å². The lowest BCUT2D eigenvalue weighted by Gasteiger charge is -2.17. The van der Waals surface area contributed by atoms with Crippen LogP contribution in [0.25, 0.3) is 0 Å². The zero-order chi connectivity index (χ0) is 12.0. The zero-order valence-corrected chi connectivity index (χ0v) is 12.8. The third kappa shape index (κ3) is 4.06. The van der Waals surface area contributed by atoms with Gasteiger partial charge in [0.15, 0.2) is 0 Å². The van der Waals surface area contributed by atoms with Crippen LogP contribution in [-0.2, 0) is 0 Å². The Bertz CT molecular complexity index is 409. The summed E-state index contributed by atoms with van der Waals surface area (Å²) in [5.41, 5.74) is 4.07. The lowest BCUT2D eigenvalue weighted by molar-refractivity contribution is 0.521. The molecule has 1 rings (SSSR count). The van der Waals surface area contributed by atoms with Crippen LogP contribution in [-0.4, -0.2) is 0 Å². The highest BCUT2D eigenvalue weighted by molar-refractivity contribution is 14.1. The van der Waals surface area contributed by atoms with Crippen molar-refractivity contribution in [2.24, 2.45) is 5.84 Å². The molecular formula is C12H14BrIN2. The fraction of sp³-hybridized carbons (Fsp3) is 0.333. The van der Waals surface area contributed by atoms with Crippen LogP contribution in [0.1, 0.15) is 31.4 Å². The minimum Gasteiger partial charge on any atom is -0.271 e. The lowest BCUT2D eigenvalue weighted by Crippen LogP contribution is -2.28. The number of benzene rings is 1. The molecule has 86 valence electrons. The van der Waals surface area contributed by atoms with E-state index in [9.17, 15) is 0 Å². The van der Waals surface area contributed by atoms with Crippen molar-refractivity contribution in [3.05, 3.63) is 31.8 Å². The Kier molecular flexibility index (Phi) is 6.36. The van der Waals surface area contributed by atoms with Gasteiger partial charge in [0.05, 0.1) is 0 Å². The molecule has 0 heterocycles. The second kappa shape index (κ2) is 7.28. The van der Waals surface area contributed by atoms with Gasteiger partial charge in [-0.05, 0) is 59.7 Å². The van der Waals surface area contributed by atoms with Gasteiger partial charge in [0, 0.05) is 20.5 Å². The Labute approximate surface area is 119 Å². The number of hydrazine groups is 1. The van der Waals surface area contributed by atoms with Crippen molar-refractivity contribution in [1.29, 1.82) is 0 Å². The van der Waals surface area contributed by atoms with Gasteiger partial charge in [0.25, 0.3) is 0 Å². The summed E-state index contributed by atoms with van der Waals surface area (Å²) in [6.45, 7) is 1.85. The molecule has 0 aliphatic heterocycles. The first-order valence-electron chi connectivity index (χ1n) is 4.99. The first kappa shape index (κ1) is 14.0. The molecule has 1 aromatic carbocycles. The highest BCUT2D eigenvalue weighted by atomic mass is 127. The topological polar surface area (TPSA) is 38.0 Å². The molecule has 0 aliphatic rings. The van der Waals surface area contributed by atoms with Crippen LogP contribution in [0, 0.1) is 15.4 Å². The molecule has 0 spiro atoms. The Morgan fingerprint density at radius 3 is 2.94 bits per heavy atom. The average molecular weight is 393 g/mol. The standard InChI is InChI=1S/C12H14BrIN2/c1-2-3-4-5-12(16-15)10-8-9(13)6-7-11(10)14/h6-8,12,16H,4-5,15H2,1H3. The maximum absolute atomic E-state index is 5.59. The Balaban J connectivity index is 2.84. The molecule has 0 saturated carbocycles.